The van der Waals surface area contributed by atoms with E-state index in [2.05, 4.69) is 25.6 Å². The highest BCUT2D eigenvalue weighted by Crippen LogP contribution is 2.17. The third-order valence-corrected chi connectivity index (χ3v) is 4.24. The summed E-state index contributed by atoms with van der Waals surface area (Å²) >= 11 is 1.24. The van der Waals surface area contributed by atoms with Crippen LogP contribution in [0.25, 0.3) is 0 Å². The second-order valence-electron chi connectivity index (χ2n) is 5.24. The predicted molar refractivity (Wildman–Crippen MR) is 94.1 cm³/mol. The summed E-state index contributed by atoms with van der Waals surface area (Å²) in [4.78, 5) is 33.7. The molecule has 26 heavy (non-hydrogen) atoms. The first kappa shape index (κ1) is 19.3. The first-order valence-corrected chi connectivity index (χ1v) is 8.56. The average Bonchev–Trinajstić information content (AvgIpc) is 3.07. The largest absolute Gasteiger partial charge is 0.478 e. The molecule has 0 saturated heterocycles. The molecule has 0 fully saturated rings. The second-order valence-corrected chi connectivity index (χ2v) is 6.30. The number of anilines is 1. The van der Waals surface area contributed by atoms with Crippen molar-refractivity contribution in [3.8, 4) is 0 Å². The Bertz CT molecular complexity index is 775. The number of nitrogens with zero attached hydrogens (tertiary/aromatic N) is 2. The van der Waals surface area contributed by atoms with Gasteiger partial charge in [0.2, 0.25) is 5.13 Å². The van der Waals surface area contributed by atoms with E-state index in [0.29, 0.717) is 29.4 Å². The number of hydrogen-bond acceptors (Lipinski definition) is 7. The van der Waals surface area contributed by atoms with Gasteiger partial charge in [-0.05, 0) is 24.1 Å². The van der Waals surface area contributed by atoms with E-state index in [9.17, 15) is 14.4 Å². The summed E-state index contributed by atoms with van der Waals surface area (Å²) in [6, 6.07) is 5.78. The van der Waals surface area contributed by atoms with Gasteiger partial charge in [0.15, 0.2) is 0 Å². The molecule has 0 bridgehead atoms. The lowest BCUT2D eigenvalue weighted by Gasteiger charge is -2.05. The summed E-state index contributed by atoms with van der Waals surface area (Å²) in [5.41, 5.74) is 0.956. The van der Waals surface area contributed by atoms with Gasteiger partial charge in [-0.3, -0.25) is 10.1 Å². The van der Waals surface area contributed by atoms with Gasteiger partial charge in [-0.15, -0.1) is 10.2 Å². The van der Waals surface area contributed by atoms with Gasteiger partial charge in [0.25, 0.3) is 0 Å². The highest BCUT2D eigenvalue weighted by Gasteiger charge is 2.09. The van der Waals surface area contributed by atoms with Crippen molar-refractivity contribution in [1.29, 1.82) is 0 Å². The molecule has 2 amide bonds. The summed E-state index contributed by atoms with van der Waals surface area (Å²) < 4.78 is 4.56. The van der Waals surface area contributed by atoms with Crippen LogP contribution in [0.3, 0.4) is 0 Å². The lowest BCUT2D eigenvalue weighted by Crippen LogP contribution is -2.28. The van der Waals surface area contributed by atoms with E-state index in [1.54, 1.807) is 12.1 Å². The molecule has 0 saturated carbocycles. The highest BCUT2D eigenvalue weighted by atomic mass is 32.1. The molecule has 0 spiro atoms. The van der Waals surface area contributed by atoms with E-state index in [0.717, 1.165) is 5.56 Å². The highest BCUT2D eigenvalue weighted by molar-refractivity contribution is 7.15. The van der Waals surface area contributed by atoms with Crippen LogP contribution in [0.1, 0.15) is 33.8 Å². The van der Waals surface area contributed by atoms with Gasteiger partial charge in [-0.1, -0.05) is 23.5 Å². The fraction of sp³-hybridized carbons (Fsp3) is 0.312. The number of carbonyl (C=O) groups excluding carboxylic acids is 2. The van der Waals surface area contributed by atoms with Crippen molar-refractivity contribution in [3.05, 3.63) is 40.4 Å². The van der Waals surface area contributed by atoms with Crippen molar-refractivity contribution in [3.63, 3.8) is 0 Å². The number of rotatable bonds is 8. The molecule has 0 aliphatic carbocycles. The fourth-order valence-electron chi connectivity index (χ4n) is 1.98. The van der Waals surface area contributed by atoms with Crippen molar-refractivity contribution in [2.75, 3.05) is 12.4 Å². The Morgan fingerprint density at radius 3 is 2.58 bits per heavy atom. The van der Waals surface area contributed by atoms with E-state index in [-0.39, 0.29) is 18.1 Å². The molecular formula is C16H18N4O5S. The molecule has 0 aliphatic heterocycles. The van der Waals surface area contributed by atoms with Crippen molar-refractivity contribution < 1.29 is 24.2 Å². The Morgan fingerprint density at radius 1 is 1.19 bits per heavy atom. The number of ether oxygens (including phenoxy) is 1. The predicted octanol–water partition coefficient (Wildman–Crippen LogP) is 2.05. The minimum absolute atomic E-state index is 0.187. The van der Waals surface area contributed by atoms with Gasteiger partial charge >= 0.3 is 18.0 Å². The monoisotopic (exact) mass is 378 g/mol. The lowest BCUT2D eigenvalue weighted by atomic mass is 10.1. The van der Waals surface area contributed by atoms with Gasteiger partial charge in [0, 0.05) is 19.4 Å². The number of nitrogens with one attached hydrogen (secondary N) is 2. The SMILES string of the molecule is COC(=O)CCCc1nnc(NC(=O)NCc2ccc(C(=O)O)cc2)s1. The summed E-state index contributed by atoms with van der Waals surface area (Å²) in [5, 5.41) is 23.0. The van der Waals surface area contributed by atoms with E-state index < -0.39 is 12.0 Å². The molecule has 1 heterocycles. The minimum Gasteiger partial charge on any atom is -0.478 e. The topological polar surface area (TPSA) is 131 Å². The molecule has 3 N–H and O–H groups in total. The second kappa shape index (κ2) is 9.47. The molecule has 0 aliphatic rings. The third-order valence-electron chi connectivity index (χ3n) is 3.34. The third kappa shape index (κ3) is 6.13. The number of carboxylic acids is 1. The summed E-state index contributed by atoms with van der Waals surface area (Å²) in [6.45, 7) is 0.247. The summed E-state index contributed by atoms with van der Waals surface area (Å²) in [5.74, 6) is -1.27. The number of esters is 1. The van der Waals surface area contributed by atoms with Crippen LogP contribution in [-0.2, 0) is 22.5 Å². The van der Waals surface area contributed by atoms with Crippen molar-refractivity contribution in [1.82, 2.24) is 15.5 Å². The Hall–Kier alpha value is -3.01. The number of aryl methyl sites for hydroxylation is 1. The van der Waals surface area contributed by atoms with Crippen LogP contribution >= 0.6 is 11.3 Å². The molecule has 0 unspecified atom stereocenters. The van der Waals surface area contributed by atoms with Crippen molar-refractivity contribution in [2.24, 2.45) is 0 Å². The van der Waals surface area contributed by atoms with E-state index >= 15 is 0 Å². The van der Waals surface area contributed by atoms with Crippen LogP contribution in [0, 0.1) is 0 Å². The molecule has 2 rings (SSSR count). The van der Waals surface area contributed by atoms with Crippen LogP contribution in [0.4, 0.5) is 9.93 Å². The van der Waals surface area contributed by atoms with E-state index in [1.807, 2.05) is 0 Å². The van der Waals surface area contributed by atoms with Gasteiger partial charge in [0.1, 0.15) is 5.01 Å². The summed E-state index contributed by atoms with van der Waals surface area (Å²) in [6.07, 6.45) is 1.48. The van der Waals surface area contributed by atoms with Gasteiger partial charge in [0.05, 0.1) is 12.7 Å². The lowest BCUT2D eigenvalue weighted by molar-refractivity contribution is -0.140. The molecule has 0 atom stereocenters. The smallest absolute Gasteiger partial charge is 0.335 e. The van der Waals surface area contributed by atoms with Crippen LogP contribution < -0.4 is 10.6 Å². The maximum atomic E-state index is 11.9. The molecule has 138 valence electrons. The Morgan fingerprint density at radius 2 is 1.92 bits per heavy atom. The quantitative estimate of drug-likeness (QED) is 0.599. The number of amides is 2. The zero-order valence-electron chi connectivity index (χ0n) is 14.0. The number of urea groups is 1. The molecule has 10 heteroatoms. The number of aromatic carboxylic acids is 1. The fourth-order valence-corrected chi connectivity index (χ4v) is 2.76. The van der Waals surface area contributed by atoms with Crippen LogP contribution in [0.5, 0.6) is 0 Å². The molecule has 0 radical (unpaired) electrons. The summed E-state index contributed by atoms with van der Waals surface area (Å²) in [7, 11) is 1.34. The maximum Gasteiger partial charge on any atom is 0.335 e. The molecule has 9 nitrogen and oxygen atoms in total. The average molecular weight is 378 g/mol. The van der Waals surface area contributed by atoms with Gasteiger partial charge < -0.3 is 15.2 Å². The Balaban J connectivity index is 1.75. The van der Waals surface area contributed by atoms with Crippen LogP contribution in [0.2, 0.25) is 0 Å². The standard InChI is InChI=1S/C16H18N4O5S/c1-25-13(21)4-2-3-12-19-20-16(26-12)18-15(24)17-9-10-5-7-11(8-6-10)14(22)23/h5-8H,2-4,9H2,1H3,(H,22,23)(H2,17,18,20,24). The number of benzene rings is 1. The zero-order chi connectivity index (χ0) is 18.9. The molecule has 2 aromatic rings. The minimum atomic E-state index is -0.999. The molecule has 1 aromatic heterocycles. The van der Waals surface area contributed by atoms with Crippen molar-refractivity contribution >= 4 is 34.4 Å². The van der Waals surface area contributed by atoms with Gasteiger partial charge in [-0.25, -0.2) is 9.59 Å². The first-order chi connectivity index (χ1) is 12.5. The number of aromatic nitrogens is 2. The molecule has 1 aromatic carbocycles. The Kier molecular flexibility index (Phi) is 7.03. The van der Waals surface area contributed by atoms with Gasteiger partial charge in [-0.2, -0.15) is 0 Å². The van der Waals surface area contributed by atoms with Crippen LogP contribution in [0.15, 0.2) is 24.3 Å². The number of methoxy groups -OCH3 is 1. The first-order valence-electron chi connectivity index (χ1n) is 7.74. The number of carboxylic acid groups (broad SMARTS) is 1. The van der Waals surface area contributed by atoms with E-state index in [1.165, 1.54) is 30.6 Å². The molecular weight excluding hydrogens is 360 g/mol. The normalized spacial score (nSPS) is 10.2. The van der Waals surface area contributed by atoms with Crippen molar-refractivity contribution in [2.45, 2.75) is 25.8 Å². The number of hydrogen-bond donors (Lipinski definition) is 3. The maximum absolute atomic E-state index is 11.9. The Labute approximate surface area is 153 Å². The zero-order valence-corrected chi connectivity index (χ0v) is 14.8. The number of carbonyl (C=O) groups is 3. The van der Waals surface area contributed by atoms with E-state index in [4.69, 9.17) is 5.11 Å². The van der Waals surface area contributed by atoms with Crippen LogP contribution in [-0.4, -0.2) is 40.4 Å².